The summed E-state index contributed by atoms with van der Waals surface area (Å²) in [5.41, 5.74) is 0. The van der Waals surface area contributed by atoms with Gasteiger partial charge in [0.25, 0.3) is 0 Å². The lowest BCUT2D eigenvalue weighted by molar-refractivity contribution is -0.136. The van der Waals surface area contributed by atoms with E-state index >= 15 is 0 Å². The summed E-state index contributed by atoms with van der Waals surface area (Å²) in [6, 6.07) is 0. The Labute approximate surface area is 65.3 Å². The summed E-state index contributed by atoms with van der Waals surface area (Å²) in [6.07, 6.45) is 0.640. The van der Waals surface area contributed by atoms with Crippen LogP contribution in [-0.4, -0.2) is 23.4 Å². The Bertz CT molecular complexity index is 199. The van der Waals surface area contributed by atoms with Crippen LogP contribution < -0.4 is 0 Å². The van der Waals surface area contributed by atoms with Crippen LogP contribution in [0, 0.1) is 0 Å². The molecule has 0 heterocycles. The van der Waals surface area contributed by atoms with Gasteiger partial charge in [0.15, 0.2) is 6.35 Å². The molecular weight excluding hydrogens is 167 g/mol. The second-order valence-electron chi connectivity index (χ2n) is 1.96. The maximum Gasteiger partial charge on any atom is 0.330 e. The molecule has 0 aromatic rings. The molecule has 0 rings (SSSR count). The second-order valence-corrected chi connectivity index (χ2v) is 4.54. The average molecular weight is 178 g/mol. The highest BCUT2D eigenvalue weighted by Gasteiger charge is 2.16. The lowest BCUT2D eigenvalue weighted by atomic mass is 10.7. The third kappa shape index (κ3) is 4.76. The molecule has 0 radical (unpaired) electrons. The minimum atomic E-state index is -3.23. The van der Waals surface area contributed by atoms with E-state index in [2.05, 4.69) is 11.3 Å². The number of esters is 1. The Morgan fingerprint density at radius 1 is 1.82 bits per heavy atom. The van der Waals surface area contributed by atoms with Crippen molar-refractivity contribution in [1.82, 2.24) is 0 Å². The molecule has 1 unspecified atom stereocenters. The smallest absolute Gasteiger partial charge is 0.330 e. The summed E-state index contributed by atoms with van der Waals surface area (Å²) in [7, 11) is -3.23. The molecule has 0 aliphatic rings. The van der Waals surface area contributed by atoms with Crippen LogP contribution in [0.5, 0.6) is 0 Å². The normalized spacial score (nSPS) is 15.1. The van der Waals surface area contributed by atoms with Gasteiger partial charge in [-0.05, 0) is 0 Å². The van der Waals surface area contributed by atoms with Crippen molar-refractivity contribution in [3.8, 4) is 0 Å². The maximum atomic E-state index is 10.8. The molecule has 64 valence electrons. The van der Waals surface area contributed by atoms with Crippen molar-refractivity contribution in [2.24, 2.45) is 0 Å². The lowest BCUT2D eigenvalue weighted by Gasteiger charge is -2.07. The Hall–Kier alpha value is -0.600. The van der Waals surface area contributed by atoms with Crippen molar-refractivity contribution in [2.75, 3.05) is 12.5 Å². The van der Waals surface area contributed by atoms with Gasteiger partial charge >= 0.3 is 5.97 Å². The van der Waals surface area contributed by atoms with Gasteiger partial charge in [-0.15, -0.1) is 0 Å². The first-order valence-electron chi connectivity index (χ1n) is 3.12. The van der Waals surface area contributed by atoms with Gasteiger partial charge in [0.1, 0.15) is 0 Å². The van der Waals surface area contributed by atoms with Gasteiger partial charge in [0, 0.05) is 12.2 Å². The molecule has 0 aromatic heterocycles. The molecule has 1 atom stereocenters. The third-order valence-electron chi connectivity index (χ3n) is 1.07. The lowest BCUT2D eigenvalue weighted by Crippen LogP contribution is -2.03. The average Bonchev–Trinajstić information content (AvgIpc) is 2.00. The van der Waals surface area contributed by atoms with E-state index in [0.29, 0.717) is 0 Å². The van der Waals surface area contributed by atoms with Crippen LogP contribution in [0.15, 0.2) is 12.7 Å². The highest BCUT2D eigenvalue weighted by Crippen LogP contribution is 2.39. The summed E-state index contributed by atoms with van der Waals surface area (Å²) in [5.74, 6) is -0.673. The first-order chi connectivity index (χ1) is 5.02. The highest BCUT2D eigenvalue weighted by molar-refractivity contribution is 7.57. The van der Waals surface area contributed by atoms with Crippen LogP contribution >= 0.6 is 7.37 Å². The highest BCUT2D eigenvalue weighted by atomic mass is 31.2. The van der Waals surface area contributed by atoms with Gasteiger partial charge in [-0.1, -0.05) is 13.5 Å². The number of ether oxygens (including phenoxy) is 1. The Balaban J connectivity index is 3.79. The fourth-order valence-corrected chi connectivity index (χ4v) is 0.826. The first-order valence-corrected chi connectivity index (χ1v) is 5.15. The van der Waals surface area contributed by atoms with Crippen LogP contribution in [0.2, 0.25) is 0 Å². The summed E-state index contributed by atoms with van der Waals surface area (Å²) in [5, 5.41) is 0. The van der Waals surface area contributed by atoms with Crippen LogP contribution in [-0.2, 0) is 14.1 Å². The summed E-state index contributed by atoms with van der Waals surface area (Å²) in [6.45, 7) is 4.70. The van der Waals surface area contributed by atoms with Crippen LogP contribution in [0.3, 0.4) is 0 Å². The zero-order valence-electron chi connectivity index (χ0n) is 6.32. The zero-order valence-corrected chi connectivity index (χ0v) is 7.21. The monoisotopic (exact) mass is 178 g/mol. The standard InChI is InChI=1S/C6H11O4P/c1-3-6(7)10-5-11(8,9)4-2/h3H,1,4-5H2,2H3,(H,8,9). The molecule has 0 amide bonds. The van der Waals surface area contributed by atoms with E-state index in [0.717, 1.165) is 6.08 Å². The molecule has 5 heteroatoms. The quantitative estimate of drug-likeness (QED) is 0.395. The van der Waals surface area contributed by atoms with E-state index in [1.165, 1.54) is 0 Å². The van der Waals surface area contributed by atoms with E-state index in [1.54, 1.807) is 6.92 Å². The molecule has 0 aliphatic heterocycles. The van der Waals surface area contributed by atoms with Crippen molar-refractivity contribution >= 4 is 13.3 Å². The molecule has 0 bridgehead atoms. The SMILES string of the molecule is C=CC(=O)OCP(=O)(O)CC. The second kappa shape index (κ2) is 4.31. The van der Waals surface area contributed by atoms with Crippen molar-refractivity contribution in [3.63, 3.8) is 0 Å². The predicted molar refractivity (Wildman–Crippen MR) is 41.5 cm³/mol. The summed E-state index contributed by atoms with van der Waals surface area (Å²) < 4.78 is 15.2. The zero-order chi connectivity index (χ0) is 8.91. The first kappa shape index (κ1) is 10.4. The molecule has 1 N–H and O–H groups in total. The fraction of sp³-hybridized carbons (Fsp3) is 0.500. The number of rotatable bonds is 4. The largest absolute Gasteiger partial charge is 0.452 e. The molecule has 0 aliphatic carbocycles. The van der Waals surface area contributed by atoms with Gasteiger partial charge in [-0.2, -0.15) is 0 Å². The molecule has 0 aromatic carbocycles. The maximum absolute atomic E-state index is 10.8. The van der Waals surface area contributed by atoms with E-state index in [4.69, 9.17) is 4.89 Å². The molecule has 0 fully saturated rings. The minimum Gasteiger partial charge on any atom is -0.452 e. The Kier molecular flexibility index (Phi) is 4.08. The van der Waals surface area contributed by atoms with Crippen molar-refractivity contribution in [3.05, 3.63) is 12.7 Å². The van der Waals surface area contributed by atoms with Crippen molar-refractivity contribution in [2.45, 2.75) is 6.92 Å². The molecule has 0 spiro atoms. The minimum absolute atomic E-state index is 0.109. The van der Waals surface area contributed by atoms with Crippen molar-refractivity contribution in [1.29, 1.82) is 0 Å². The van der Waals surface area contributed by atoms with Gasteiger partial charge in [-0.25, -0.2) is 4.79 Å². The van der Waals surface area contributed by atoms with Gasteiger partial charge < -0.3 is 9.63 Å². The Morgan fingerprint density at radius 3 is 2.73 bits per heavy atom. The van der Waals surface area contributed by atoms with E-state index in [-0.39, 0.29) is 6.16 Å². The predicted octanol–water partition coefficient (Wildman–Crippen LogP) is 0.963. The van der Waals surface area contributed by atoms with E-state index in [1.807, 2.05) is 0 Å². The van der Waals surface area contributed by atoms with Gasteiger partial charge in [0.05, 0.1) is 0 Å². The van der Waals surface area contributed by atoms with Crippen LogP contribution in [0.25, 0.3) is 0 Å². The van der Waals surface area contributed by atoms with Gasteiger partial charge in [0.2, 0.25) is 7.37 Å². The molecule has 11 heavy (non-hydrogen) atoms. The van der Waals surface area contributed by atoms with Crippen LogP contribution in [0.1, 0.15) is 6.92 Å². The molecule has 4 nitrogen and oxygen atoms in total. The van der Waals surface area contributed by atoms with E-state index in [9.17, 15) is 9.36 Å². The Morgan fingerprint density at radius 2 is 2.36 bits per heavy atom. The molecule has 0 saturated heterocycles. The van der Waals surface area contributed by atoms with Crippen molar-refractivity contribution < 1.29 is 19.0 Å². The summed E-state index contributed by atoms with van der Waals surface area (Å²) >= 11 is 0. The number of hydrogen-bond acceptors (Lipinski definition) is 3. The molecular formula is C6H11O4P. The fourth-order valence-electron chi connectivity index (χ4n) is 0.315. The molecule has 0 saturated carbocycles. The van der Waals surface area contributed by atoms with E-state index < -0.39 is 19.7 Å². The third-order valence-corrected chi connectivity index (χ3v) is 2.59. The number of carbonyl (C=O) groups is 1. The van der Waals surface area contributed by atoms with Crippen LogP contribution in [0.4, 0.5) is 0 Å². The van der Waals surface area contributed by atoms with Gasteiger partial charge in [-0.3, -0.25) is 4.57 Å². The number of carbonyl (C=O) groups excluding carboxylic acids is 1. The topological polar surface area (TPSA) is 63.6 Å². The summed E-state index contributed by atoms with van der Waals surface area (Å²) in [4.78, 5) is 19.3. The number of hydrogen-bond donors (Lipinski definition) is 1.